The van der Waals surface area contributed by atoms with Gasteiger partial charge in [-0.2, -0.15) is 4.31 Å². The second kappa shape index (κ2) is 10.4. The Hall–Kier alpha value is -3.16. The van der Waals surface area contributed by atoms with E-state index in [-0.39, 0.29) is 10.8 Å². The molecule has 0 aromatic heterocycles. The summed E-state index contributed by atoms with van der Waals surface area (Å²) in [4.78, 5) is 15.4. The molecule has 0 aliphatic carbocycles. The molecule has 0 bridgehead atoms. The molecular formula is C27H31N3O3S. The van der Waals surface area contributed by atoms with Crippen molar-refractivity contribution in [3.63, 3.8) is 0 Å². The molecule has 1 saturated heterocycles. The first-order valence-corrected chi connectivity index (χ1v) is 13.2. The van der Waals surface area contributed by atoms with E-state index in [9.17, 15) is 13.2 Å². The Morgan fingerprint density at radius 3 is 2.06 bits per heavy atom. The zero-order chi connectivity index (χ0) is 24.1. The number of nitrogens with zero attached hydrogens (tertiary/aromatic N) is 2. The van der Waals surface area contributed by atoms with Gasteiger partial charge in [-0.25, -0.2) is 8.42 Å². The third kappa shape index (κ3) is 5.00. The van der Waals surface area contributed by atoms with Gasteiger partial charge in [0.05, 0.1) is 4.90 Å². The number of benzene rings is 3. The summed E-state index contributed by atoms with van der Waals surface area (Å²) in [6.45, 7) is 6.15. The fourth-order valence-corrected chi connectivity index (χ4v) is 5.83. The standard InChI is InChI=1S/C27H31N3O3S/c1-3-21-10-8-11-22(4-2)26(21)28-27(31)23-12-9-15-25(20-23)34(32,33)30-18-16-29(17-19-30)24-13-6-5-7-14-24/h5-15,20H,3-4,16-19H2,1-2H3,(H,28,31). The van der Waals surface area contributed by atoms with Crippen LogP contribution in [0.4, 0.5) is 11.4 Å². The lowest BCUT2D eigenvalue weighted by molar-refractivity contribution is 0.102. The van der Waals surface area contributed by atoms with E-state index in [2.05, 4.69) is 24.1 Å². The Kier molecular flexibility index (Phi) is 7.34. The SMILES string of the molecule is CCc1cccc(CC)c1NC(=O)c1cccc(S(=O)(=O)N2CCN(c3ccccc3)CC2)c1. The summed E-state index contributed by atoms with van der Waals surface area (Å²) < 4.78 is 28.2. The highest BCUT2D eigenvalue weighted by Crippen LogP contribution is 2.25. The summed E-state index contributed by atoms with van der Waals surface area (Å²) in [5, 5.41) is 3.03. The van der Waals surface area contributed by atoms with Gasteiger partial charge in [0.2, 0.25) is 10.0 Å². The molecule has 1 N–H and O–H groups in total. The van der Waals surface area contributed by atoms with Crippen LogP contribution < -0.4 is 10.2 Å². The monoisotopic (exact) mass is 477 g/mol. The van der Waals surface area contributed by atoms with E-state index in [0.717, 1.165) is 35.3 Å². The lowest BCUT2D eigenvalue weighted by atomic mass is 10.0. The molecule has 34 heavy (non-hydrogen) atoms. The van der Waals surface area contributed by atoms with E-state index < -0.39 is 10.0 Å². The molecule has 7 heteroatoms. The highest BCUT2D eigenvalue weighted by Gasteiger charge is 2.29. The smallest absolute Gasteiger partial charge is 0.255 e. The van der Waals surface area contributed by atoms with Gasteiger partial charge in [0.1, 0.15) is 0 Å². The molecule has 0 spiro atoms. The van der Waals surface area contributed by atoms with Crippen molar-refractivity contribution in [2.75, 3.05) is 36.4 Å². The van der Waals surface area contributed by atoms with Crippen LogP contribution in [0.15, 0.2) is 77.7 Å². The molecule has 0 unspecified atom stereocenters. The highest BCUT2D eigenvalue weighted by atomic mass is 32.2. The number of rotatable bonds is 7. The van der Waals surface area contributed by atoms with Gasteiger partial charge in [-0.3, -0.25) is 4.79 Å². The van der Waals surface area contributed by atoms with Crippen LogP contribution in [0.3, 0.4) is 0 Å². The number of anilines is 2. The predicted molar refractivity (Wildman–Crippen MR) is 137 cm³/mol. The van der Waals surface area contributed by atoms with Crippen molar-refractivity contribution in [2.24, 2.45) is 0 Å². The van der Waals surface area contributed by atoms with Crippen molar-refractivity contribution in [2.45, 2.75) is 31.6 Å². The minimum absolute atomic E-state index is 0.146. The summed E-state index contributed by atoms with van der Waals surface area (Å²) in [5.74, 6) is -0.304. The van der Waals surface area contributed by atoms with Crippen LogP contribution in [-0.2, 0) is 22.9 Å². The van der Waals surface area contributed by atoms with Crippen LogP contribution in [0, 0.1) is 0 Å². The summed E-state index contributed by atoms with van der Waals surface area (Å²) in [6, 6.07) is 22.3. The molecule has 1 amide bonds. The number of carbonyl (C=O) groups is 1. The Labute approximate surface area is 202 Å². The average molecular weight is 478 g/mol. The predicted octanol–water partition coefficient (Wildman–Crippen LogP) is 4.57. The average Bonchev–Trinajstić information content (AvgIpc) is 2.89. The number of aryl methyl sites for hydroxylation is 2. The van der Waals surface area contributed by atoms with Gasteiger partial charge in [-0.1, -0.05) is 56.3 Å². The minimum atomic E-state index is -3.70. The first-order chi connectivity index (χ1) is 16.4. The number of hydrogen-bond donors (Lipinski definition) is 1. The summed E-state index contributed by atoms with van der Waals surface area (Å²) >= 11 is 0. The molecule has 0 saturated carbocycles. The largest absolute Gasteiger partial charge is 0.369 e. The zero-order valence-corrected chi connectivity index (χ0v) is 20.5. The Morgan fingerprint density at radius 2 is 1.44 bits per heavy atom. The quantitative estimate of drug-likeness (QED) is 0.541. The second-order valence-corrected chi connectivity index (χ2v) is 10.3. The molecule has 0 radical (unpaired) electrons. The van der Waals surface area contributed by atoms with E-state index in [1.807, 2.05) is 48.5 Å². The number of para-hydroxylation sites is 2. The molecule has 1 fully saturated rings. The van der Waals surface area contributed by atoms with Crippen molar-refractivity contribution in [3.05, 3.63) is 89.5 Å². The van der Waals surface area contributed by atoms with Crippen LogP contribution in [0.2, 0.25) is 0 Å². The number of nitrogens with one attached hydrogen (secondary N) is 1. The summed E-state index contributed by atoms with van der Waals surface area (Å²) in [6.07, 6.45) is 1.60. The van der Waals surface area contributed by atoms with Gasteiger partial charge in [0.25, 0.3) is 5.91 Å². The molecule has 6 nitrogen and oxygen atoms in total. The lowest BCUT2D eigenvalue weighted by Gasteiger charge is -2.35. The maximum Gasteiger partial charge on any atom is 0.255 e. The van der Waals surface area contributed by atoms with Crippen LogP contribution in [0.1, 0.15) is 35.3 Å². The van der Waals surface area contributed by atoms with Gasteiger partial charge < -0.3 is 10.2 Å². The normalized spacial score (nSPS) is 14.7. The van der Waals surface area contributed by atoms with Crippen molar-refractivity contribution in [1.29, 1.82) is 0 Å². The van der Waals surface area contributed by atoms with E-state index in [1.165, 1.54) is 10.4 Å². The van der Waals surface area contributed by atoms with E-state index >= 15 is 0 Å². The summed E-state index contributed by atoms with van der Waals surface area (Å²) in [7, 11) is -3.70. The fraction of sp³-hybridized carbons (Fsp3) is 0.296. The van der Waals surface area contributed by atoms with Crippen molar-refractivity contribution in [3.8, 4) is 0 Å². The van der Waals surface area contributed by atoms with Crippen LogP contribution >= 0.6 is 0 Å². The zero-order valence-electron chi connectivity index (χ0n) is 19.7. The minimum Gasteiger partial charge on any atom is -0.369 e. The maximum absolute atomic E-state index is 13.3. The van der Waals surface area contributed by atoms with E-state index in [4.69, 9.17) is 0 Å². The molecule has 1 heterocycles. The maximum atomic E-state index is 13.3. The van der Waals surface area contributed by atoms with Crippen LogP contribution in [0.25, 0.3) is 0 Å². The number of hydrogen-bond acceptors (Lipinski definition) is 4. The van der Waals surface area contributed by atoms with Crippen molar-refractivity contribution >= 4 is 27.3 Å². The Bertz CT molecular complexity index is 1230. The van der Waals surface area contributed by atoms with Crippen LogP contribution in [-0.4, -0.2) is 44.8 Å². The first-order valence-electron chi connectivity index (χ1n) is 11.8. The Balaban J connectivity index is 1.50. The molecule has 3 aromatic carbocycles. The van der Waals surface area contributed by atoms with E-state index in [1.54, 1.807) is 18.2 Å². The Morgan fingerprint density at radius 1 is 0.824 bits per heavy atom. The molecule has 1 aliphatic heterocycles. The first kappa shape index (κ1) is 24.0. The van der Waals surface area contributed by atoms with Gasteiger partial charge in [-0.05, 0) is 54.3 Å². The molecule has 4 rings (SSSR count). The molecular weight excluding hydrogens is 446 g/mol. The third-order valence-corrected chi connectivity index (χ3v) is 8.23. The van der Waals surface area contributed by atoms with Crippen molar-refractivity contribution < 1.29 is 13.2 Å². The van der Waals surface area contributed by atoms with Crippen molar-refractivity contribution in [1.82, 2.24) is 4.31 Å². The summed E-state index contributed by atoms with van der Waals surface area (Å²) in [5.41, 5.74) is 4.37. The number of piperazine rings is 1. The number of sulfonamides is 1. The van der Waals surface area contributed by atoms with Gasteiger partial charge in [-0.15, -0.1) is 0 Å². The highest BCUT2D eigenvalue weighted by molar-refractivity contribution is 7.89. The molecule has 1 aliphatic rings. The molecule has 178 valence electrons. The van der Waals surface area contributed by atoms with Crippen LogP contribution in [0.5, 0.6) is 0 Å². The molecule has 0 atom stereocenters. The van der Waals surface area contributed by atoms with Gasteiger partial charge >= 0.3 is 0 Å². The van der Waals surface area contributed by atoms with Gasteiger partial charge in [0, 0.05) is 43.1 Å². The third-order valence-electron chi connectivity index (χ3n) is 6.33. The van der Waals surface area contributed by atoms with Gasteiger partial charge in [0.15, 0.2) is 0 Å². The second-order valence-electron chi connectivity index (χ2n) is 8.37. The fourth-order valence-electron chi connectivity index (χ4n) is 4.36. The van der Waals surface area contributed by atoms with E-state index in [0.29, 0.717) is 31.7 Å². The lowest BCUT2D eigenvalue weighted by Crippen LogP contribution is -2.48. The topological polar surface area (TPSA) is 69.7 Å². The number of carbonyl (C=O) groups excluding carboxylic acids is 1. The number of amides is 1. The molecule has 3 aromatic rings.